The van der Waals surface area contributed by atoms with Gasteiger partial charge in [0, 0.05) is 0 Å². The lowest BCUT2D eigenvalue weighted by Crippen LogP contribution is -2.14. The first-order valence-corrected chi connectivity index (χ1v) is 6.06. The Hall–Kier alpha value is -2.56. The van der Waals surface area contributed by atoms with E-state index in [1.54, 1.807) is 30.3 Å². The third-order valence-corrected chi connectivity index (χ3v) is 2.96. The van der Waals surface area contributed by atoms with Gasteiger partial charge in [0.15, 0.2) is 5.84 Å². The number of ether oxygens (including phenoxy) is 1. The van der Waals surface area contributed by atoms with Crippen LogP contribution in [-0.2, 0) is 6.61 Å². The Labute approximate surface area is 116 Å². The van der Waals surface area contributed by atoms with E-state index in [0.717, 1.165) is 11.1 Å². The lowest BCUT2D eigenvalue weighted by atomic mass is 10.1. The van der Waals surface area contributed by atoms with E-state index >= 15 is 0 Å². The maximum Gasteiger partial charge on any atom is 0.173 e. The van der Waals surface area contributed by atoms with E-state index < -0.39 is 0 Å². The topological polar surface area (TPSA) is 67.8 Å². The molecule has 0 atom stereocenters. The molecule has 2 aromatic rings. The molecule has 0 aromatic heterocycles. The lowest BCUT2D eigenvalue weighted by molar-refractivity contribution is 0.302. The van der Waals surface area contributed by atoms with Crippen molar-refractivity contribution in [2.45, 2.75) is 13.5 Å². The van der Waals surface area contributed by atoms with E-state index in [9.17, 15) is 4.39 Å². The molecular formula is C15H15FN2O2. The van der Waals surface area contributed by atoms with Crippen molar-refractivity contribution in [1.29, 1.82) is 0 Å². The van der Waals surface area contributed by atoms with Crippen LogP contribution in [0.1, 0.15) is 16.7 Å². The fourth-order valence-electron chi connectivity index (χ4n) is 1.83. The quantitative estimate of drug-likeness (QED) is 0.390. The molecule has 0 radical (unpaired) electrons. The number of aryl methyl sites for hydroxylation is 1. The lowest BCUT2D eigenvalue weighted by Gasteiger charge is -2.12. The van der Waals surface area contributed by atoms with E-state index in [-0.39, 0.29) is 18.3 Å². The summed E-state index contributed by atoms with van der Waals surface area (Å²) in [6, 6.07) is 11.5. The molecule has 2 rings (SSSR count). The Bertz CT molecular complexity index is 642. The molecule has 0 aliphatic heterocycles. The summed E-state index contributed by atoms with van der Waals surface area (Å²) in [6.07, 6.45) is 0. The molecule has 0 aliphatic rings. The summed E-state index contributed by atoms with van der Waals surface area (Å²) in [5.41, 5.74) is 7.78. The molecule has 2 aromatic carbocycles. The molecule has 0 saturated carbocycles. The maximum absolute atomic E-state index is 13.0. The molecule has 104 valence electrons. The van der Waals surface area contributed by atoms with Gasteiger partial charge in [0.25, 0.3) is 0 Å². The molecule has 0 fully saturated rings. The predicted molar refractivity (Wildman–Crippen MR) is 74.4 cm³/mol. The van der Waals surface area contributed by atoms with Crippen molar-refractivity contribution in [2.24, 2.45) is 10.9 Å². The molecule has 0 amide bonds. The maximum atomic E-state index is 13.0. The third kappa shape index (κ3) is 3.06. The van der Waals surface area contributed by atoms with Crippen LogP contribution in [0.25, 0.3) is 0 Å². The summed E-state index contributed by atoms with van der Waals surface area (Å²) in [4.78, 5) is 0. The SMILES string of the molecule is Cc1cc(F)ccc1COc1ccccc1/C(N)=N/O. The second-order valence-corrected chi connectivity index (χ2v) is 4.34. The first-order valence-electron chi connectivity index (χ1n) is 6.06. The molecule has 0 saturated heterocycles. The van der Waals surface area contributed by atoms with Crippen LogP contribution in [-0.4, -0.2) is 11.0 Å². The molecule has 0 heterocycles. The molecule has 3 N–H and O–H groups in total. The van der Waals surface area contributed by atoms with Gasteiger partial charge in [-0.15, -0.1) is 0 Å². The Kier molecular flexibility index (Phi) is 4.20. The molecule has 0 bridgehead atoms. The van der Waals surface area contributed by atoms with E-state index in [1.807, 2.05) is 6.92 Å². The molecule has 0 spiro atoms. The van der Waals surface area contributed by atoms with E-state index in [4.69, 9.17) is 15.7 Å². The third-order valence-electron chi connectivity index (χ3n) is 2.96. The van der Waals surface area contributed by atoms with Crippen molar-refractivity contribution >= 4 is 5.84 Å². The van der Waals surface area contributed by atoms with Gasteiger partial charge < -0.3 is 15.7 Å². The highest BCUT2D eigenvalue weighted by atomic mass is 19.1. The number of rotatable bonds is 4. The summed E-state index contributed by atoms with van der Waals surface area (Å²) < 4.78 is 18.7. The van der Waals surface area contributed by atoms with Crippen molar-refractivity contribution in [2.75, 3.05) is 0 Å². The minimum absolute atomic E-state index is 0.0172. The van der Waals surface area contributed by atoms with Gasteiger partial charge in [-0.25, -0.2) is 4.39 Å². The van der Waals surface area contributed by atoms with Gasteiger partial charge in [-0.1, -0.05) is 23.4 Å². The van der Waals surface area contributed by atoms with Gasteiger partial charge in [0.2, 0.25) is 0 Å². The van der Waals surface area contributed by atoms with Crippen LogP contribution in [0.15, 0.2) is 47.6 Å². The summed E-state index contributed by atoms with van der Waals surface area (Å²) in [5.74, 6) is 0.214. The average Bonchev–Trinajstić information content (AvgIpc) is 2.46. The minimum atomic E-state index is -0.275. The summed E-state index contributed by atoms with van der Waals surface area (Å²) in [5, 5.41) is 11.7. The van der Waals surface area contributed by atoms with Gasteiger partial charge in [-0.2, -0.15) is 0 Å². The van der Waals surface area contributed by atoms with Crippen molar-refractivity contribution in [3.63, 3.8) is 0 Å². The van der Waals surface area contributed by atoms with Crippen LogP contribution < -0.4 is 10.5 Å². The van der Waals surface area contributed by atoms with Crippen molar-refractivity contribution in [3.8, 4) is 5.75 Å². The predicted octanol–water partition coefficient (Wildman–Crippen LogP) is 2.81. The number of halogens is 1. The van der Waals surface area contributed by atoms with Crippen molar-refractivity contribution in [3.05, 3.63) is 65.0 Å². The van der Waals surface area contributed by atoms with Crippen LogP contribution in [0.5, 0.6) is 5.75 Å². The van der Waals surface area contributed by atoms with Gasteiger partial charge in [0.1, 0.15) is 18.2 Å². The number of hydrogen-bond donors (Lipinski definition) is 2. The van der Waals surface area contributed by atoms with Crippen LogP contribution in [0, 0.1) is 12.7 Å². The summed E-state index contributed by atoms with van der Waals surface area (Å²) in [7, 11) is 0. The van der Waals surface area contributed by atoms with E-state index in [1.165, 1.54) is 12.1 Å². The Morgan fingerprint density at radius 1 is 1.30 bits per heavy atom. The molecule has 0 unspecified atom stereocenters. The van der Waals surface area contributed by atoms with Gasteiger partial charge in [-0.05, 0) is 42.3 Å². The summed E-state index contributed by atoms with van der Waals surface area (Å²) in [6.45, 7) is 2.10. The number of oxime groups is 1. The fourth-order valence-corrected chi connectivity index (χ4v) is 1.83. The molecule has 0 aliphatic carbocycles. The monoisotopic (exact) mass is 274 g/mol. The largest absolute Gasteiger partial charge is 0.488 e. The fraction of sp³-hybridized carbons (Fsp3) is 0.133. The number of hydrogen-bond acceptors (Lipinski definition) is 3. The number of nitrogens with zero attached hydrogens (tertiary/aromatic N) is 1. The number of benzene rings is 2. The second-order valence-electron chi connectivity index (χ2n) is 4.34. The van der Waals surface area contributed by atoms with Crippen molar-refractivity contribution in [1.82, 2.24) is 0 Å². The first-order chi connectivity index (χ1) is 9.61. The second kappa shape index (κ2) is 6.06. The van der Waals surface area contributed by atoms with E-state index in [2.05, 4.69) is 5.16 Å². The first kappa shape index (κ1) is 13.9. The normalized spacial score (nSPS) is 11.4. The highest BCUT2D eigenvalue weighted by Crippen LogP contribution is 2.20. The number of para-hydroxylation sites is 1. The average molecular weight is 274 g/mol. The van der Waals surface area contributed by atoms with Gasteiger partial charge in [-0.3, -0.25) is 0 Å². The van der Waals surface area contributed by atoms with Gasteiger partial charge >= 0.3 is 0 Å². The Morgan fingerprint density at radius 3 is 2.75 bits per heavy atom. The van der Waals surface area contributed by atoms with Crippen LogP contribution >= 0.6 is 0 Å². The number of amidine groups is 1. The van der Waals surface area contributed by atoms with Crippen LogP contribution in [0.4, 0.5) is 4.39 Å². The van der Waals surface area contributed by atoms with E-state index in [0.29, 0.717) is 11.3 Å². The highest BCUT2D eigenvalue weighted by molar-refractivity contribution is 5.99. The molecule has 4 nitrogen and oxygen atoms in total. The standard InChI is InChI=1S/C15H15FN2O2/c1-10-8-12(16)7-6-11(10)9-20-14-5-3-2-4-13(14)15(17)18-19/h2-8,19H,9H2,1H3,(H2,17,18). The van der Waals surface area contributed by atoms with Gasteiger partial charge in [0.05, 0.1) is 5.56 Å². The van der Waals surface area contributed by atoms with Crippen molar-refractivity contribution < 1.29 is 14.3 Å². The Balaban J connectivity index is 2.19. The van der Waals surface area contributed by atoms with Crippen LogP contribution in [0.2, 0.25) is 0 Å². The zero-order valence-corrected chi connectivity index (χ0v) is 11.0. The smallest absolute Gasteiger partial charge is 0.173 e. The molecule has 20 heavy (non-hydrogen) atoms. The van der Waals surface area contributed by atoms with Crippen LogP contribution in [0.3, 0.4) is 0 Å². The minimum Gasteiger partial charge on any atom is -0.488 e. The summed E-state index contributed by atoms with van der Waals surface area (Å²) >= 11 is 0. The highest BCUT2D eigenvalue weighted by Gasteiger charge is 2.08. The zero-order chi connectivity index (χ0) is 14.5. The number of nitrogens with two attached hydrogens (primary N) is 1. The zero-order valence-electron chi connectivity index (χ0n) is 11.0. The molecule has 5 heteroatoms. The Morgan fingerprint density at radius 2 is 2.05 bits per heavy atom. The molecular weight excluding hydrogens is 259 g/mol.